The lowest BCUT2D eigenvalue weighted by Gasteiger charge is -2.16. The third kappa shape index (κ3) is 2.38. The summed E-state index contributed by atoms with van der Waals surface area (Å²) < 4.78 is 7.20. The topological polar surface area (TPSA) is 39.9 Å². The average Bonchev–Trinajstić information content (AvgIpc) is 2.97. The Hall–Kier alpha value is -0.610. The molecule has 1 aliphatic carbocycles. The summed E-state index contributed by atoms with van der Waals surface area (Å²) in [5, 5.41) is 8.52. The van der Waals surface area contributed by atoms with Crippen molar-refractivity contribution in [2.75, 3.05) is 13.7 Å². The Bertz CT molecular complexity index is 360. The molecule has 1 fully saturated rings. The zero-order chi connectivity index (χ0) is 11.6. The van der Waals surface area contributed by atoms with Crippen LogP contribution in [0.15, 0.2) is 0 Å². The molecule has 0 spiro atoms. The van der Waals surface area contributed by atoms with E-state index in [1.54, 1.807) is 7.11 Å². The van der Waals surface area contributed by atoms with Crippen molar-refractivity contribution in [3.05, 3.63) is 11.1 Å². The molecule has 16 heavy (non-hydrogen) atoms. The van der Waals surface area contributed by atoms with Gasteiger partial charge in [0.05, 0.1) is 0 Å². The molecular weight excluding hydrogens is 226 g/mol. The first-order valence-electron chi connectivity index (χ1n) is 5.77. The maximum atomic E-state index is 6.05. The van der Waals surface area contributed by atoms with Gasteiger partial charge < -0.3 is 9.30 Å². The Morgan fingerprint density at radius 1 is 1.44 bits per heavy atom. The van der Waals surface area contributed by atoms with Crippen LogP contribution in [0, 0.1) is 5.41 Å². The molecule has 5 heteroatoms. The predicted octanol–water partition coefficient (Wildman–Crippen LogP) is 2.31. The molecule has 90 valence electrons. The highest BCUT2D eigenvalue weighted by Gasteiger charge is 2.43. The van der Waals surface area contributed by atoms with Gasteiger partial charge in [0.15, 0.2) is 0 Å². The predicted molar refractivity (Wildman–Crippen MR) is 62.6 cm³/mol. The second-order valence-corrected chi connectivity index (χ2v) is 4.91. The van der Waals surface area contributed by atoms with E-state index in [1.807, 2.05) is 4.57 Å². The molecule has 0 atom stereocenters. The molecule has 0 radical (unpaired) electrons. The molecule has 1 aromatic rings. The van der Waals surface area contributed by atoms with Crippen molar-refractivity contribution >= 4 is 11.6 Å². The van der Waals surface area contributed by atoms with Crippen LogP contribution in [0.5, 0.6) is 0 Å². The Morgan fingerprint density at radius 3 is 2.75 bits per heavy atom. The van der Waals surface area contributed by atoms with Crippen LogP contribution in [-0.2, 0) is 17.7 Å². The van der Waals surface area contributed by atoms with E-state index in [1.165, 1.54) is 12.8 Å². The standard InChI is InChI=1S/C11H18ClN3O/c1-3-9-13-14-10(12)15(9)8-11(4-5-11)6-7-16-2/h3-8H2,1-2H3. The number of hydrogen-bond acceptors (Lipinski definition) is 3. The molecule has 1 aromatic heterocycles. The van der Waals surface area contributed by atoms with E-state index >= 15 is 0 Å². The van der Waals surface area contributed by atoms with Gasteiger partial charge in [-0.25, -0.2) is 0 Å². The fourth-order valence-corrected chi connectivity index (χ4v) is 2.24. The summed E-state index contributed by atoms with van der Waals surface area (Å²) in [6.45, 7) is 3.83. The summed E-state index contributed by atoms with van der Waals surface area (Å²) >= 11 is 6.05. The first-order chi connectivity index (χ1) is 7.71. The molecule has 0 bridgehead atoms. The number of halogens is 1. The molecule has 0 saturated heterocycles. The minimum absolute atomic E-state index is 0.381. The fraction of sp³-hybridized carbons (Fsp3) is 0.818. The number of aryl methyl sites for hydroxylation is 1. The molecule has 0 unspecified atom stereocenters. The molecule has 1 saturated carbocycles. The van der Waals surface area contributed by atoms with Crippen LogP contribution in [0.3, 0.4) is 0 Å². The highest BCUT2D eigenvalue weighted by atomic mass is 35.5. The van der Waals surface area contributed by atoms with Crippen LogP contribution in [-0.4, -0.2) is 28.5 Å². The normalized spacial score (nSPS) is 17.7. The van der Waals surface area contributed by atoms with Gasteiger partial charge in [-0.1, -0.05) is 6.92 Å². The van der Waals surface area contributed by atoms with E-state index in [4.69, 9.17) is 16.3 Å². The molecule has 0 amide bonds. The molecule has 1 aliphatic rings. The zero-order valence-corrected chi connectivity index (χ0v) is 10.6. The van der Waals surface area contributed by atoms with Crippen LogP contribution in [0.25, 0.3) is 0 Å². The van der Waals surface area contributed by atoms with Gasteiger partial charge in [0.25, 0.3) is 0 Å². The summed E-state index contributed by atoms with van der Waals surface area (Å²) in [5.74, 6) is 0.980. The van der Waals surface area contributed by atoms with Gasteiger partial charge >= 0.3 is 0 Å². The van der Waals surface area contributed by atoms with Gasteiger partial charge in [-0.15, -0.1) is 10.2 Å². The number of methoxy groups -OCH3 is 1. The average molecular weight is 244 g/mol. The van der Waals surface area contributed by atoms with E-state index in [0.29, 0.717) is 10.7 Å². The second-order valence-electron chi connectivity index (χ2n) is 4.57. The van der Waals surface area contributed by atoms with Gasteiger partial charge in [0.1, 0.15) is 5.82 Å². The molecule has 2 rings (SSSR count). The monoisotopic (exact) mass is 243 g/mol. The van der Waals surface area contributed by atoms with Crippen molar-refractivity contribution in [1.82, 2.24) is 14.8 Å². The molecule has 0 aromatic carbocycles. The lowest BCUT2D eigenvalue weighted by molar-refractivity contribution is 0.166. The van der Waals surface area contributed by atoms with E-state index in [-0.39, 0.29) is 0 Å². The molecule has 1 heterocycles. The van der Waals surface area contributed by atoms with Crippen molar-refractivity contribution in [2.24, 2.45) is 5.41 Å². The molecular formula is C11H18ClN3O. The van der Waals surface area contributed by atoms with Crippen molar-refractivity contribution in [1.29, 1.82) is 0 Å². The Kier molecular flexibility index (Phi) is 3.50. The lowest BCUT2D eigenvalue weighted by atomic mass is 10.0. The lowest BCUT2D eigenvalue weighted by Crippen LogP contribution is -2.16. The van der Waals surface area contributed by atoms with Crippen molar-refractivity contribution in [3.63, 3.8) is 0 Å². The molecule has 0 aliphatic heterocycles. The van der Waals surface area contributed by atoms with Crippen molar-refractivity contribution < 1.29 is 4.74 Å². The minimum Gasteiger partial charge on any atom is -0.385 e. The van der Waals surface area contributed by atoms with Crippen LogP contribution in [0.2, 0.25) is 5.28 Å². The largest absolute Gasteiger partial charge is 0.385 e. The molecule has 0 N–H and O–H groups in total. The first-order valence-corrected chi connectivity index (χ1v) is 6.15. The van der Waals surface area contributed by atoms with Crippen molar-refractivity contribution in [2.45, 2.75) is 39.2 Å². The highest BCUT2D eigenvalue weighted by molar-refractivity contribution is 6.28. The summed E-state index contributed by atoms with van der Waals surface area (Å²) in [4.78, 5) is 0. The SMILES string of the molecule is CCc1nnc(Cl)n1CC1(CCOC)CC1. The third-order valence-electron chi connectivity index (χ3n) is 3.39. The maximum absolute atomic E-state index is 6.05. The van der Waals surface area contributed by atoms with Gasteiger partial charge in [-0.05, 0) is 36.3 Å². The maximum Gasteiger partial charge on any atom is 0.225 e. The Morgan fingerprint density at radius 2 is 2.19 bits per heavy atom. The van der Waals surface area contributed by atoms with Gasteiger partial charge in [-0.2, -0.15) is 0 Å². The number of aromatic nitrogens is 3. The zero-order valence-electron chi connectivity index (χ0n) is 9.87. The minimum atomic E-state index is 0.381. The number of ether oxygens (including phenoxy) is 1. The number of rotatable bonds is 6. The summed E-state index contributed by atoms with van der Waals surface area (Å²) in [5.41, 5.74) is 0.381. The van der Waals surface area contributed by atoms with Crippen molar-refractivity contribution in [3.8, 4) is 0 Å². The van der Waals surface area contributed by atoms with E-state index in [9.17, 15) is 0 Å². The summed E-state index contributed by atoms with van der Waals surface area (Å²) in [6.07, 6.45) is 4.49. The fourth-order valence-electron chi connectivity index (χ4n) is 2.05. The quantitative estimate of drug-likeness (QED) is 0.770. The van der Waals surface area contributed by atoms with E-state index in [2.05, 4.69) is 17.1 Å². The Labute approximate surface area is 101 Å². The second kappa shape index (κ2) is 4.72. The number of hydrogen-bond donors (Lipinski definition) is 0. The number of nitrogens with zero attached hydrogens (tertiary/aromatic N) is 3. The van der Waals surface area contributed by atoms with Crippen LogP contribution >= 0.6 is 11.6 Å². The van der Waals surface area contributed by atoms with Gasteiger partial charge in [-0.3, -0.25) is 0 Å². The van der Waals surface area contributed by atoms with Crippen LogP contribution in [0.1, 0.15) is 32.0 Å². The summed E-state index contributed by atoms with van der Waals surface area (Å²) in [7, 11) is 1.75. The van der Waals surface area contributed by atoms with Gasteiger partial charge in [0, 0.05) is 26.7 Å². The van der Waals surface area contributed by atoms with E-state index < -0.39 is 0 Å². The molecule has 4 nitrogen and oxygen atoms in total. The van der Waals surface area contributed by atoms with Crippen LogP contribution < -0.4 is 0 Å². The smallest absolute Gasteiger partial charge is 0.225 e. The highest BCUT2D eigenvalue weighted by Crippen LogP contribution is 2.50. The van der Waals surface area contributed by atoms with Gasteiger partial charge in [0.2, 0.25) is 5.28 Å². The van der Waals surface area contributed by atoms with Crippen LogP contribution in [0.4, 0.5) is 0 Å². The third-order valence-corrected chi connectivity index (χ3v) is 3.67. The van der Waals surface area contributed by atoms with E-state index in [0.717, 1.165) is 31.8 Å². The first kappa shape index (κ1) is 11.9. The summed E-state index contributed by atoms with van der Waals surface area (Å²) in [6, 6.07) is 0. The Balaban J connectivity index is 2.05.